The Morgan fingerprint density at radius 3 is 2.25 bits per heavy atom. The van der Waals surface area contributed by atoms with E-state index in [1.54, 1.807) is 18.2 Å². The van der Waals surface area contributed by atoms with Gasteiger partial charge in [0.05, 0.1) is 24.1 Å². The number of hydrogen-bond donors (Lipinski definition) is 3. The number of carbonyl (C=O) groups is 3. The average Bonchev–Trinajstić information content (AvgIpc) is 3.12. The quantitative estimate of drug-likeness (QED) is 0.0534. The number of thioether (sulfide) groups is 1. The second-order valence-corrected chi connectivity index (χ2v) is 18.8. The second-order valence-electron chi connectivity index (χ2n) is 16.7. The van der Waals surface area contributed by atoms with E-state index in [9.17, 15) is 29.1 Å². The topological polar surface area (TPSA) is 130 Å². The van der Waals surface area contributed by atoms with Gasteiger partial charge in [0.15, 0.2) is 5.12 Å². The number of aliphatic hydroxyl groups excluding tert-OH is 2. The van der Waals surface area contributed by atoms with Crippen LogP contribution in [0, 0.1) is 45.8 Å². The predicted octanol–water partition coefficient (Wildman–Crippen LogP) is 8.71. The summed E-state index contributed by atoms with van der Waals surface area (Å²) in [7, 11) is 0. The number of ether oxygens (including phenoxy) is 2. The molecule has 296 valence electrons. The van der Waals surface area contributed by atoms with Crippen LogP contribution in [-0.2, 0) is 23.9 Å². The van der Waals surface area contributed by atoms with Gasteiger partial charge in [0.25, 0.3) is 0 Å². The van der Waals surface area contributed by atoms with Crippen LogP contribution in [-0.4, -0.2) is 73.1 Å². The Kier molecular flexibility index (Phi) is 16.1. The first-order valence-electron chi connectivity index (χ1n) is 19.4. The van der Waals surface area contributed by atoms with Crippen molar-refractivity contribution in [2.45, 2.75) is 128 Å². The molecule has 53 heavy (non-hydrogen) atoms. The van der Waals surface area contributed by atoms with Gasteiger partial charge in [-0.1, -0.05) is 74.6 Å². The third-order valence-corrected chi connectivity index (χ3v) is 15.4. The molecule has 0 heterocycles. The SMILES string of the molecule is C=CCCC(=O)OC[C@@]1(C)C(O)CCC2C(CC=S)C(C3=CC4CC(C)(C)C(OC(=O)CCC=C)[C@H](SO)C4(CSC(=O)CCC=C)[C@H](O)C3)CCC21. The number of esters is 2. The highest BCUT2D eigenvalue weighted by atomic mass is 32.2. The molecular weight excluding hydrogens is 729 g/mol. The van der Waals surface area contributed by atoms with E-state index in [1.807, 2.05) is 5.37 Å². The van der Waals surface area contributed by atoms with Gasteiger partial charge < -0.3 is 24.2 Å². The van der Waals surface area contributed by atoms with Crippen LogP contribution in [0.1, 0.15) is 104 Å². The lowest BCUT2D eigenvalue weighted by molar-refractivity contribution is -0.171. The minimum atomic E-state index is -0.934. The molecule has 0 aromatic heterocycles. The van der Waals surface area contributed by atoms with Crippen molar-refractivity contribution < 1.29 is 38.6 Å². The lowest BCUT2D eigenvalue weighted by Crippen LogP contribution is -2.65. The molecule has 0 aromatic carbocycles. The van der Waals surface area contributed by atoms with Crippen LogP contribution in [0.15, 0.2) is 49.6 Å². The van der Waals surface area contributed by atoms with E-state index in [0.29, 0.717) is 63.4 Å². The van der Waals surface area contributed by atoms with Crippen LogP contribution in [0.3, 0.4) is 0 Å². The molecule has 4 aliphatic carbocycles. The van der Waals surface area contributed by atoms with Crippen molar-refractivity contribution in [2.24, 2.45) is 45.8 Å². The van der Waals surface area contributed by atoms with Gasteiger partial charge in [0, 0.05) is 41.3 Å². The molecule has 3 N–H and O–H groups in total. The highest BCUT2D eigenvalue weighted by Crippen LogP contribution is 2.63. The third-order valence-electron chi connectivity index (χ3n) is 13.1. The molecule has 11 atom stereocenters. The van der Waals surface area contributed by atoms with Gasteiger partial charge in [-0.15, -0.1) is 19.7 Å². The Balaban J connectivity index is 1.69. The molecule has 0 bridgehead atoms. The second kappa shape index (κ2) is 19.4. The molecule has 4 rings (SSSR count). The Hall–Kier alpha value is -1.76. The summed E-state index contributed by atoms with van der Waals surface area (Å²) in [6.07, 6.45) is 12.5. The van der Waals surface area contributed by atoms with Crippen molar-refractivity contribution in [3.63, 3.8) is 0 Å². The van der Waals surface area contributed by atoms with Gasteiger partial charge in [-0.05, 0) is 111 Å². The van der Waals surface area contributed by atoms with E-state index in [0.717, 1.165) is 19.3 Å². The highest BCUT2D eigenvalue weighted by Gasteiger charge is 2.64. The average molecular weight is 791 g/mol. The minimum Gasteiger partial charge on any atom is -0.465 e. The van der Waals surface area contributed by atoms with Crippen LogP contribution < -0.4 is 0 Å². The van der Waals surface area contributed by atoms with Crippen LogP contribution in [0.5, 0.6) is 0 Å². The molecular formula is C42H62O8S3. The van der Waals surface area contributed by atoms with E-state index in [4.69, 9.17) is 21.7 Å². The molecule has 0 aliphatic heterocycles. The van der Waals surface area contributed by atoms with Crippen molar-refractivity contribution in [3.05, 3.63) is 49.6 Å². The molecule has 4 aliphatic rings. The van der Waals surface area contributed by atoms with E-state index in [1.165, 1.54) is 17.3 Å². The summed E-state index contributed by atoms with van der Waals surface area (Å²) in [6, 6.07) is 0. The van der Waals surface area contributed by atoms with E-state index in [2.05, 4.69) is 46.6 Å². The number of thiocarbonyl (C=S) groups is 1. The molecule has 8 unspecified atom stereocenters. The molecule has 0 amide bonds. The summed E-state index contributed by atoms with van der Waals surface area (Å²) < 4.78 is 23.0. The Morgan fingerprint density at radius 1 is 0.943 bits per heavy atom. The maximum atomic E-state index is 13.1. The molecule has 3 saturated carbocycles. The van der Waals surface area contributed by atoms with Gasteiger partial charge >= 0.3 is 11.9 Å². The standard InChI is InChI=1S/C42H62O8S3/c1-7-10-13-35(45)49-25-41(6)32-18-16-29(30(20-21-51)31(32)17-19-33(41)43)27-22-28-24-40(4,5)38(50-36(46)14-11-8-2)39(53-48)42(28,34(44)23-27)26-52-37(47)15-12-9-3/h7-9,21-22,28-34,38-39,43-44,48H,1-3,10-20,23-26H2,4-6H3/t28?,29?,30?,31?,32?,33?,34-,38?,39+,41-,42?/m1/s1. The fourth-order valence-electron chi connectivity index (χ4n) is 10.2. The zero-order valence-electron chi connectivity index (χ0n) is 31.9. The van der Waals surface area contributed by atoms with Crippen molar-refractivity contribution in [1.29, 1.82) is 0 Å². The number of rotatable bonds is 18. The first-order valence-corrected chi connectivity index (χ1v) is 21.7. The molecule has 8 nitrogen and oxygen atoms in total. The van der Waals surface area contributed by atoms with Crippen molar-refractivity contribution >= 4 is 58.4 Å². The molecule has 11 heteroatoms. The number of carbonyl (C=O) groups excluding carboxylic acids is 3. The third kappa shape index (κ3) is 9.62. The normalized spacial score (nSPS) is 36.1. The monoisotopic (exact) mass is 790 g/mol. The molecule has 0 saturated heterocycles. The molecule has 0 aromatic rings. The summed E-state index contributed by atoms with van der Waals surface area (Å²) in [5.41, 5.74) is -0.871. The maximum absolute atomic E-state index is 13.1. The van der Waals surface area contributed by atoms with Crippen molar-refractivity contribution in [1.82, 2.24) is 0 Å². The van der Waals surface area contributed by atoms with Crippen LogP contribution >= 0.6 is 36.0 Å². The molecule has 3 fully saturated rings. The Morgan fingerprint density at radius 2 is 1.60 bits per heavy atom. The zero-order chi connectivity index (χ0) is 39.0. The summed E-state index contributed by atoms with van der Waals surface area (Å²) in [6.45, 7) is 17.5. The summed E-state index contributed by atoms with van der Waals surface area (Å²) in [5, 5.41) is 25.0. The van der Waals surface area contributed by atoms with Crippen LogP contribution in [0.25, 0.3) is 0 Å². The number of aliphatic hydroxyl groups is 2. The van der Waals surface area contributed by atoms with Crippen molar-refractivity contribution in [2.75, 3.05) is 12.4 Å². The van der Waals surface area contributed by atoms with Gasteiger partial charge in [0.1, 0.15) is 6.10 Å². The fraction of sp³-hybridized carbons (Fsp3) is 0.714. The fourth-order valence-corrected chi connectivity index (χ4v) is 12.9. The summed E-state index contributed by atoms with van der Waals surface area (Å²) >= 11 is 7.34. The van der Waals surface area contributed by atoms with Gasteiger partial charge in [-0.25, -0.2) is 0 Å². The highest BCUT2D eigenvalue weighted by molar-refractivity contribution is 8.13. The number of allylic oxidation sites excluding steroid dienone is 4. The van der Waals surface area contributed by atoms with Crippen LogP contribution in [0.2, 0.25) is 0 Å². The predicted molar refractivity (Wildman–Crippen MR) is 218 cm³/mol. The first kappa shape index (κ1) is 44.0. The van der Waals surface area contributed by atoms with E-state index >= 15 is 0 Å². The maximum Gasteiger partial charge on any atom is 0.306 e. The smallest absolute Gasteiger partial charge is 0.306 e. The number of fused-ring (bicyclic) bond motifs is 2. The van der Waals surface area contributed by atoms with E-state index < -0.39 is 39.8 Å². The largest absolute Gasteiger partial charge is 0.465 e. The first-order chi connectivity index (χ1) is 25.2. The zero-order valence-corrected chi connectivity index (χ0v) is 34.4. The van der Waals surface area contributed by atoms with Gasteiger partial charge in [0.2, 0.25) is 0 Å². The van der Waals surface area contributed by atoms with Crippen LogP contribution in [0.4, 0.5) is 0 Å². The Labute approximate surface area is 331 Å². The molecule has 0 spiro atoms. The summed E-state index contributed by atoms with van der Waals surface area (Å²) in [4.78, 5) is 38.6. The van der Waals surface area contributed by atoms with Gasteiger partial charge in [-0.2, -0.15) is 0 Å². The summed E-state index contributed by atoms with van der Waals surface area (Å²) in [5.74, 6) is 0.170. The van der Waals surface area contributed by atoms with Crippen molar-refractivity contribution in [3.8, 4) is 0 Å². The van der Waals surface area contributed by atoms with E-state index in [-0.39, 0.29) is 71.8 Å². The lowest BCUT2D eigenvalue weighted by atomic mass is 9.49. The number of hydrogen-bond acceptors (Lipinski definition) is 11. The molecule has 0 radical (unpaired) electrons. The Bertz CT molecular complexity index is 1380. The minimum absolute atomic E-state index is 0.000609. The lowest BCUT2D eigenvalue weighted by Gasteiger charge is -2.60. The van der Waals surface area contributed by atoms with Gasteiger partial charge in [-0.3, -0.25) is 14.4 Å².